The molecule has 0 saturated heterocycles. The SMILES string of the molecule is O=C(O)c1ccc(C(=O)NCc2cnn(-c3ccccc3)c2)c(F)c1. The number of hydrogen-bond donors (Lipinski definition) is 2. The van der Waals surface area contributed by atoms with Crippen LogP contribution in [0.2, 0.25) is 0 Å². The molecular weight excluding hydrogens is 325 g/mol. The highest BCUT2D eigenvalue weighted by Crippen LogP contribution is 2.12. The predicted octanol–water partition coefficient (Wildman–Crippen LogP) is 2.64. The number of hydrogen-bond acceptors (Lipinski definition) is 3. The van der Waals surface area contributed by atoms with E-state index in [0.29, 0.717) is 0 Å². The van der Waals surface area contributed by atoms with E-state index in [1.54, 1.807) is 17.1 Å². The zero-order valence-electron chi connectivity index (χ0n) is 13.0. The molecule has 1 amide bonds. The van der Waals surface area contributed by atoms with Crippen molar-refractivity contribution in [1.82, 2.24) is 15.1 Å². The number of carboxylic acid groups (broad SMARTS) is 1. The van der Waals surface area contributed by atoms with Crippen molar-refractivity contribution in [3.05, 3.63) is 83.4 Å². The average molecular weight is 339 g/mol. The topological polar surface area (TPSA) is 84.2 Å². The average Bonchev–Trinajstić information content (AvgIpc) is 3.09. The lowest BCUT2D eigenvalue weighted by Gasteiger charge is -2.05. The Labute approximate surface area is 142 Å². The Kier molecular flexibility index (Phi) is 4.56. The molecule has 2 N–H and O–H groups in total. The van der Waals surface area contributed by atoms with Gasteiger partial charge in [-0.1, -0.05) is 18.2 Å². The van der Waals surface area contributed by atoms with Crippen LogP contribution in [-0.4, -0.2) is 26.8 Å². The van der Waals surface area contributed by atoms with Gasteiger partial charge in [0.1, 0.15) is 5.82 Å². The molecule has 3 aromatic rings. The second kappa shape index (κ2) is 6.96. The highest BCUT2D eigenvalue weighted by Gasteiger charge is 2.14. The van der Waals surface area contributed by atoms with Gasteiger partial charge in [0.2, 0.25) is 0 Å². The van der Waals surface area contributed by atoms with E-state index < -0.39 is 17.7 Å². The van der Waals surface area contributed by atoms with Gasteiger partial charge in [-0.15, -0.1) is 0 Å². The van der Waals surface area contributed by atoms with E-state index in [0.717, 1.165) is 23.4 Å². The fourth-order valence-electron chi connectivity index (χ4n) is 2.28. The number of carboxylic acids is 1. The van der Waals surface area contributed by atoms with E-state index in [9.17, 15) is 14.0 Å². The second-order valence-corrected chi connectivity index (χ2v) is 5.31. The smallest absolute Gasteiger partial charge is 0.335 e. The van der Waals surface area contributed by atoms with Crippen molar-refractivity contribution < 1.29 is 19.1 Å². The van der Waals surface area contributed by atoms with E-state index in [2.05, 4.69) is 10.4 Å². The quantitative estimate of drug-likeness (QED) is 0.748. The van der Waals surface area contributed by atoms with Crippen molar-refractivity contribution in [2.24, 2.45) is 0 Å². The van der Waals surface area contributed by atoms with E-state index in [1.807, 2.05) is 30.3 Å². The fraction of sp³-hybridized carbons (Fsp3) is 0.0556. The Morgan fingerprint density at radius 2 is 1.92 bits per heavy atom. The number of amides is 1. The summed E-state index contributed by atoms with van der Waals surface area (Å²) in [5, 5.41) is 15.6. The van der Waals surface area contributed by atoms with E-state index in [-0.39, 0.29) is 17.7 Å². The Morgan fingerprint density at radius 1 is 1.16 bits per heavy atom. The largest absolute Gasteiger partial charge is 0.478 e. The van der Waals surface area contributed by atoms with Crippen molar-refractivity contribution in [1.29, 1.82) is 0 Å². The fourth-order valence-corrected chi connectivity index (χ4v) is 2.28. The summed E-state index contributed by atoms with van der Waals surface area (Å²) in [6.45, 7) is 0.172. The molecule has 0 atom stereocenters. The molecule has 0 spiro atoms. The van der Waals surface area contributed by atoms with Crippen LogP contribution < -0.4 is 5.32 Å². The minimum absolute atomic E-state index is 0.172. The van der Waals surface area contributed by atoms with Gasteiger partial charge in [-0.05, 0) is 30.3 Å². The molecule has 0 unspecified atom stereocenters. The van der Waals surface area contributed by atoms with Gasteiger partial charge in [0.15, 0.2) is 0 Å². The summed E-state index contributed by atoms with van der Waals surface area (Å²) < 4.78 is 15.5. The summed E-state index contributed by atoms with van der Waals surface area (Å²) in [6.07, 6.45) is 3.37. The van der Waals surface area contributed by atoms with Crippen LogP contribution in [0.4, 0.5) is 4.39 Å². The first-order chi connectivity index (χ1) is 12.0. The first-order valence-electron chi connectivity index (χ1n) is 7.44. The van der Waals surface area contributed by atoms with Crippen LogP contribution in [0.25, 0.3) is 5.69 Å². The van der Waals surface area contributed by atoms with Crippen LogP contribution in [0.1, 0.15) is 26.3 Å². The lowest BCUT2D eigenvalue weighted by molar-refractivity contribution is 0.0695. The van der Waals surface area contributed by atoms with Crippen LogP contribution in [-0.2, 0) is 6.54 Å². The summed E-state index contributed by atoms with van der Waals surface area (Å²) >= 11 is 0. The molecule has 1 aromatic heterocycles. The lowest BCUT2D eigenvalue weighted by atomic mass is 10.1. The maximum atomic E-state index is 13.9. The van der Waals surface area contributed by atoms with Gasteiger partial charge in [-0.2, -0.15) is 5.10 Å². The molecule has 0 aliphatic carbocycles. The third kappa shape index (κ3) is 3.72. The Hall–Kier alpha value is -3.48. The molecule has 7 heteroatoms. The molecule has 0 saturated carbocycles. The molecule has 126 valence electrons. The number of aromatic nitrogens is 2. The minimum atomic E-state index is -1.25. The zero-order chi connectivity index (χ0) is 17.8. The van der Waals surface area contributed by atoms with Crippen LogP contribution in [0, 0.1) is 5.82 Å². The molecule has 0 radical (unpaired) electrons. The van der Waals surface area contributed by atoms with Gasteiger partial charge in [0.05, 0.1) is 23.0 Å². The second-order valence-electron chi connectivity index (χ2n) is 5.31. The molecule has 0 bridgehead atoms. The summed E-state index contributed by atoms with van der Waals surface area (Å²) in [6, 6.07) is 12.6. The van der Waals surface area contributed by atoms with Crippen LogP contribution >= 0.6 is 0 Å². The van der Waals surface area contributed by atoms with E-state index in [1.165, 1.54) is 6.07 Å². The first kappa shape index (κ1) is 16.4. The molecule has 25 heavy (non-hydrogen) atoms. The number of para-hydroxylation sites is 1. The van der Waals surface area contributed by atoms with Crippen LogP contribution in [0.15, 0.2) is 60.9 Å². The number of halogens is 1. The summed E-state index contributed by atoms with van der Waals surface area (Å²) in [4.78, 5) is 22.9. The molecular formula is C18H14FN3O3. The molecule has 0 aliphatic heterocycles. The third-order valence-electron chi connectivity index (χ3n) is 3.57. The molecule has 0 aliphatic rings. The number of nitrogens with zero attached hydrogens (tertiary/aromatic N) is 2. The third-order valence-corrected chi connectivity index (χ3v) is 3.57. The van der Waals surface area contributed by atoms with Crippen molar-refractivity contribution in [2.45, 2.75) is 6.54 Å². The number of nitrogens with one attached hydrogen (secondary N) is 1. The predicted molar refractivity (Wildman–Crippen MR) is 88.1 cm³/mol. The van der Waals surface area contributed by atoms with Gasteiger partial charge in [-0.3, -0.25) is 4.79 Å². The molecule has 0 fully saturated rings. The standard InChI is InChI=1S/C18H14FN3O3/c19-16-8-13(18(24)25)6-7-15(16)17(23)20-9-12-10-21-22(11-12)14-4-2-1-3-5-14/h1-8,10-11H,9H2,(H,20,23)(H,24,25). The van der Waals surface area contributed by atoms with E-state index in [4.69, 9.17) is 5.11 Å². The van der Waals surface area contributed by atoms with Crippen molar-refractivity contribution >= 4 is 11.9 Å². The number of carbonyl (C=O) groups excluding carboxylic acids is 1. The molecule has 3 rings (SSSR count). The Bertz CT molecular complexity index is 922. The first-order valence-corrected chi connectivity index (χ1v) is 7.44. The van der Waals surface area contributed by atoms with E-state index >= 15 is 0 Å². The number of carbonyl (C=O) groups is 2. The summed E-state index contributed by atoms with van der Waals surface area (Å²) in [7, 11) is 0. The molecule has 1 heterocycles. The minimum Gasteiger partial charge on any atom is -0.478 e. The van der Waals surface area contributed by atoms with Crippen molar-refractivity contribution in [3.8, 4) is 5.69 Å². The summed E-state index contributed by atoms with van der Waals surface area (Å²) in [5.41, 5.74) is 1.22. The van der Waals surface area contributed by atoms with Crippen LogP contribution in [0.5, 0.6) is 0 Å². The van der Waals surface area contributed by atoms with Gasteiger partial charge < -0.3 is 10.4 Å². The number of aromatic carboxylic acids is 1. The normalized spacial score (nSPS) is 10.4. The highest BCUT2D eigenvalue weighted by molar-refractivity contribution is 5.96. The van der Waals surface area contributed by atoms with Gasteiger partial charge in [0.25, 0.3) is 5.91 Å². The Morgan fingerprint density at radius 3 is 2.60 bits per heavy atom. The van der Waals surface area contributed by atoms with Gasteiger partial charge >= 0.3 is 5.97 Å². The van der Waals surface area contributed by atoms with Gasteiger partial charge in [-0.25, -0.2) is 13.9 Å². The van der Waals surface area contributed by atoms with Crippen molar-refractivity contribution in [3.63, 3.8) is 0 Å². The molecule has 2 aromatic carbocycles. The molecule has 6 nitrogen and oxygen atoms in total. The summed E-state index contributed by atoms with van der Waals surface area (Å²) in [5.74, 6) is -2.75. The number of rotatable bonds is 5. The maximum Gasteiger partial charge on any atom is 0.335 e. The Balaban J connectivity index is 1.67. The monoisotopic (exact) mass is 339 g/mol. The lowest BCUT2D eigenvalue weighted by Crippen LogP contribution is -2.23. The highest BCUT2D eigenvalue weighted by atomic mass is 19.1. The maximum absolute atomic E-state index is 13.9. The zero-order valence-corrected chi connectivity index (χ0v) is 13.0. The van der Waals surface area contributed by atoms with Crippen molar-refractivity contribution in [2.75, 3.05) is 0 Å². The van der Waals surface area contributed by atoms with Crippen LogP contribution in [0.3, 0.4) is 0 Å². The number of benzene rings is 2. The van der Waals surface area contributed by atoms with Gasteiger partial charge in [0, 0.05) is 18.3 Å².